The van der Waals surface area contributed by atoms with E-state index in [9.17, 15) is 4.79 Å². The molecule has 0 bridgehead atoms. The molecule has 1 aromatic heterocycles. The summed E-state index contributed by atoms with van der Waals surface area (Å²) >= 11 is 0. The Labute approximate surface area is 164 Å². The first-order chi connectivity index (χ1) is 13.7. The van der Waals surface area contributed by atoms with Crippen molar-refractivity contribution in [3.05, 3.63) is 71.9 Å². The summed E-state index contributed by atoms with van der Waals surface area (Å²) in [6.07, 6.45) is 2.53. The maximum atomic E-state index is 12.4. The highest BCUT2D eigenvalue weighted by atomic mass is 16.1. The number of nitrogens with one attached hydrogen (secondary N) is 2. The minimum atomic E-state index is -0.275. The molecule has 6 heteroatoms. The van der Waals surface area contributed by atoms with Gasteiger partial charge in [-0.1, -0.05) is 18.2 Å². The normalized spacial score (nSPS) is 13.4. The number of carbonyl (C=O) groups excluding carboxylic acids is 1. The van der Waals surface area contributed by atoms with Crippen molar-refractivity contribution in [2.45, 2.75) is 19.8 Å². The second-order valence-corrected chi connectivity index (χ2v) is 6.94. The fourth-order valence-corrected chi connectivity index (χ4v) is 3.30. The number of para-hydroxylation sites is 1. The van der Waals surface area contributed by atoms with Gasteiger partial charge in [-0.05, 0) is 67.8 Å². The van der Waals surface area contributed by atoms with E-state index in [0.717, 1.165) is 30.0 Å². The van der Waals surface area contributed by atoms with Crippen LogP contribution in [0.4, 0.5) is 22.9 Å². The Balaban J connectivity index is 1.39. The van der Waals surface area contributed by atoms with E-state index in [1.807, 2.05) is 43.3 Å². The van der Waals surface area contributed by atoms with Crippen LogP contribution in [-0.2, 0) is 0 Å². The number of benzene rings is 2. The van der Waals surface area contributed by atoms with Crippen molar-refractivity contribution in [1.82, 2.24) is 10.2 Å². The smallest absolute Gasteiger partial charge is 0.276 e. The molecule has 1 aliphatic heterocycles. The van der Waals surface area contributed by atoms with Crippen molar-refractivity contribution in [3.63, 3.8) is 0 Å². The van der Waals surface area contributed by atoms with Crippen LogP contribution in [-0.4, -0.2) is 29.2 Å². The van der Waals surface area contributed by atoms with E-state index in [4.69, 9.17) is 0 Å². The average Bonchev–Trinajstić information content (AvgIpc) is 3.26. The molecule has 142 valence electrons. The largest absolute Gasteiger partial charge is 0.372 e. The predicted octanol–water partition coefficient (Wildman–Crippen LogP) is 4.38. The molecule has 0 saturated carbocycles. The number of aromatic nitrogens is 2. The molecule has 0 atom stereocenters. The SMILES string of the molecule is Cc1ccccc1NC(=O)c1ccc(Nc2ccc(N3CCCC3)cc2)nn1. The van der Waals surface area contributed by atoms with Crippen molar-refractivity contribution in [2.75, 3.05) is 28.6 Å². The molecule has 6 nitrogen and oxygen atoms in total. The Kier molecular flexibility index (Phi) is 5.19. The highest BCUT2D eigenvalue weighted by Crippen LogP contribution is 2.23. The van der Waals surface area contributed by atoms with Gasteiger partial charge < -0.3 is 15.5 Å². The number of anilines is 4. The number of nitrogens with zero attached hydrogens (tertiary/aromatic N) is 3. The molecule has 28 heavy (non-hydrogen) atoms. The molecule has 0 aliphatic carbocycles. The molecule has 1 saturated heterocycles. The van der Waals surface area contributed by atoms with Crippen molar-refractivity contribution in [2.24, 2.45) is 0 Å². The van der Waals surface area contributed by atoms with Crippen LogP contribution in [0.5, 0.6) is 0 Å². The summed E-state index contributed by atoms with van der Waals surface area (Å²) in [5, 5.41) is 14.3. The summed E-state index contributed by atoms with van der Waals surface area (Å²) in [6, 6.07) is 19.4. The predicted molar refractivity (Wildman–Crippen MR) is 112 cm³/mol. The van der Waals surface area contributed by atoms with Gasteiger partial charge >= 0.3 is 0 Å². The van der Waals surface area contributed by atoms with Crippen LogP contribution in [0.25, 0.3) is 0 Å². The summed E-state index contributed by atoms with van der Waals surface area (Å²) in [6.45, 7) is 4.21. The number of aryl methyl sites for hydroxylation is 1. The minimum absolute atomic E-state index is 0.275. The van der Waals surface area contributed by atoms with Gasteiger partial charge in [0.05, 0.1) is 0 Å². The van der Waals surface area contributed by atoms with Gasteiger partial charge in [-0.2, -0.15) is 0 Å². The first kappa shape index (κ1) is 18.0. The Bertz CT molecular complexity index is 947. The molecule has 2 aromatic carbocycles. The van der Waals surface area contributed by atoms with E-state index < -0.39 is 0 Å². The van der Waals surface area contributed by atoms with Gasteiger partial charge in [0.2, 0.25) is 0 Å². The van der Waals surface area contributed by atoms with Crippen LogP contribution in [0.2, 0.25) is 0 Å². The third kappa shape index (κ3) is 4.11. The van der Waals surface area contributed by atoms with Gasteiger partial charge in [-0.3, -0.25) is 4.79 Å². The standard InChI is InChI=1S/C22H23N5O/c1-16-6-2-3-7-19(16)24-22(28)20-12-13-21(26-25-20)23-17-8-10-18(11-9-17)27-14-4-5-15-27/h2-3,6-13H,4-5,14-15H2,1H3,(H,23,26)(H,24,28). The number of carbonyl (C=O) groups is 1. The first-order valence-corrected chi connectivity index (χ1v) is 9.52. The lowest BCUT2D eigenvalue weighted by Gasteiger charge is -2.17. The van der Waals surface area contributed by atoms with Crippen LogP contribution < -0.4 is 15.5 Å². The molecule has 0 spiro atoms. The summed E-state index contributed by atoms with van der Waals surface area (Å²) in [4.78, 5) is 14.8. The molecule has 3 aromatic rings. The summed E-state index contributed by atoms with van der Waals surface area (Å²) < 4.78 is 0. The van der Waals surface area contributed by atoms with Crippen LogP contribution in [0.3, 0.4) is 0 Å². The van der Waals surface area contributed by atoms with Crippen LogP contribution in [0, 0.1) is 6.92 Å². The molecule has 0 unspecified atom stereocenters. The van der Waals surface area contributed by atoms with E-state index in [-0.39, 0.29) is 11.6 Å². The highest BCUT2D eigenvalue weighted by Gasteiger charge is 2.12. The number of hydrogen-bond donors (Lipinski definition) is 2. The van der Waals surface area contributed by atoms with E-state index in [0.29, 0.717) is 5.82 Å². The van der Waals surface area contributed by atoms with E-state index in [2.05, 4.69) is 37.9 Å². The number of hydrogen-bond acceptors (Lipinski definition) is 5. The van der Waals surface area contributed by atoms with Crippen molar-refractivity contribution < 1.29 is 4.79 Å². The minimum Gasteiger partial charge on any atom is -0.372 e. The third-order valence-corrected chi connectivity index (χ3v) is 4.90. The van der Waals surface area contributed by atoms with Crippen molar-refractivity contribution in [3.8, 4) is 0 Å². The molecule has 2 heterocycles. The lowest BCUT2D eigenvalue weighted by atomic mass is 10.2. The quantitative estimate of drug-likeness (QED) is 0.694. The Morgan fingerprint density at radius 3 is 2.36 bits per heavy atom. The van der Waals surface area contributed by atoms with Crippen molar-refractivity contribution in [1.29, 1.82) is 0 Å². The molecule has 1 aliphatic rings. The highest BCUT2D eigenvalue weighted by molar-refractivity contribution is 6.03. The van der Waals surface area contributed by atoms with Gasteiger partial charge in [0, 0.05) is 30.2 Å². The van der Waals surface area contributed by atoms with Gasteiger partial charge in [-0.25, -0.2) is 0 Å². The molecule has 0 radical (unpaired) electrons. The zero-order chi connectivity index (χ0) is 19.3. The number of rotatable bonds is 5. The fraction of sp³-hybridized carbons (Fsp3) is 0.227. The topological polar surface area (TPSA) is 70.2 Å². The van der Waals surface area contributed by atoms with E-state index in [1.165, 1.54) is 18.5 Å². The van der Waals surface area contributed by atoms with Crippen molar-refractivity contribution >= 4 is 28.8 Å². The number of amides is 1. The monoisotopic (exact) mass is 373 g/mol. The Morgan fingerprint density at radius 1 is 0.929 bits per heavy atom. The lowest BCUT2D eigenvalue weighted by Crippen LogP contribution is -2.17. The molecule has 1 fully saturated rings. The molecule has 1 amide bonds. The molecule has 2 N–H and O–H groups in total. The second kappa shape index (κ2) is 8.08. The Hall–Kier alpha value is -3.41. The van der Waals surface area contributed by atoms with Gasteiger partial charge in [-0.15, -0.1) is 10.2 Å². The van der Waals surface area contributed by atoms with Gasteiger partial charge in [0.1, 0.15) is 0 Å². The van der Waals surface area contributed by atoms with Crippen LogP contribution in [0.15, 0.2) is 60.7 Å². The first-order valence-electron chi connectivity index (χ1n) is 9.52. The summed E-state index contributed by atoms with van der Waals surface area (Å²) in [5.74, 6) is 0.324. The fourth-order valence-electron chi connectivity index (χ4n) is 3.30. The molecular formula is C22H23N5O. The maximum absolute atomic E-state index is 12.4. The van der Waals surface area contributed by atoms with E-state index >= 15 is 0 Å². The second-order valence-electron chi connectivity index (χ2n) is 6.94. The van der Waals surface area contributed by atoms with E-state index in [1.54, 1.807) is 12.1 Å². The maximum Gasteiger partial charge on any atom is 0.276 e. The average molecular weight is 373 g/mol. The third-order valence-electron chi connectivity index (χ3n) is 4.90. The van der Waals surface area contributed by atoms with Gasteiger partial charge in [0.25, 0.3) is 5.91 Å². The van der Waals surface area contributed by atoms with Crippen LogP contribution >= 0.6 is 0 Å². The Morgan fingerprint density at radius 2 is 1.68 bits per heavy atom. The molecular weight excluding hydrogens is 350 g/mol. The summed E-state index contributed by atoms with van der Waals surface area (Å²) in [5.41, 5.74) is 4.24. The lowest BCUT2D eigenvalue weighted by molar-refractivity contribution is 0.102. The summed E-state index contributed by atoms with van der Waals surface area (Å²) in [7, 11) is 0. The van der Waals surface area contributed by atoms with Crippen LogP contribution in [0.1, 0.15) is 28.9 Å². The zero-order valence-electron chi connectivity index (χ0n) is 15.9. The molecule has 4 rings (SSSR count). The zero-order valence-corrected chi connectivity index (χ0v) is 15.9. The van der Waals surface area contributed by atoms with Gasteiger partial charge in [0.15, 0.2) is 11.5 Å².